The summed E-state index contributed by atoms with van der Waals surface area (Å²) in [5, 5.41) is 13.8. The van der Waals surface area contributed by atoms with Gasteiger partial charge in [-0.15, -0.1) is 0 Å². The minimum atomic E-state index is -1.34. The highest BCUT2D eigenvalue weighted by molar-refractivity contribution is 9.10. The van der Waals surface area contributed by atoms with E-state index in [1.165, 1.54) is 23.1 Å². The van der Waals surface area contributed by atoms with Gasteiger partial charge in [0.2, 0.25) is 0 Å². The molecule has 9 heteroatoms. The zero-order chi connectivity index (χ0) is 22.1. The molecule has 0 unspecified atom stereocenters. The molecular formula is C22H12BrN2O5S-. The fourth-order valence-corrected chi connectivity index (χ4v) is 3.77. The molecule has 0 spiro atoms. The topological polar surface area (TPSA) is 103 Å². The molecule has 4 rings (SSSR count). The molecule has 1 aliphatic heterocycles. The Balaban J connectivity index is 1.70. The predicted octanol–water partition coefficient (Wildman–Crippen LogP) is 2.90. The normalized spacial score (nSPS) is 15.3. The van der Waals surface area contributed by atoms with Crippen molar-refractivity contribution in [3.05, 3.63) is 82.0 Å². The van der Waals surface area contributed by atoms with Crippen LogP contribution in [-0.4, -0.2) is 22.9 Å². The van der Waals surface area contributed by atoms with Crippen molar-refractivity contribution in [1.29, 1.82) is 0 Å². The molecule has 2 aromatic carbocycles. The van der Waals surface area contributed by atoms with E-state index in [-0.39, 0.29) is 27.8 Å². The maximum atomic E-state index is 13.0. The average molecular weight is 496 g/mol. The van der Waals surface area contributed by atoms with Gasteiger partial charge >= 0.3 is 0 Å². The Bertz CT molecular complexity index is 1280. The number of benzene rings is 2. The van der Waals surface area contributed by atoms with E-state index < -0.39 is 17.8 Å². The fraction of sp³-hybridized carbons (Fsp3) is 0. The summed E-state index contributed by atoms with van der Waals surface area (Å²) < 4.78 is 6.43. The quantitative estimate of drug-likeness (QED) is 0.339. The van der Waals surface area contributed by atoms with E-state index >= 15 is 0 Å². The Hall–Kier alpha value is -3.56. The van der Waals surface area contributed by atoms with Crippen LogP contribution < -0.4 is 15.3 Å². The summed E-state index contributed by atoms with van der Waals surface area (Å²) in [6, 6.07) is 16.2. The molecule has 0 bridgehead atoms. The van der Waals surface area contributed by atoms with Gasteiger partial charge in [0.05, 0.1) is 11.7 Å². The first kappa shape index (κ1) is 20.7. The number of nitrogens with one attached hydrogen (secondary N) is 1. The minimum absolute atomic E-state index is 0.0336. The highest BCUT2D eigenvalue weighted by Gasteiger charge is 2.34. The van der Waals surface area contributed by atoms with E-state index in [9.17, 15) is 19.5 Å². The van der Waals surface area contributed by atoms with Gasteiger partial charge in [-0.05, 0) is 48.6 Å². The average Bonchev–Trinajstić information content (AvgIpc) is 3.19. The van der Waals surface area contributed by atoms with Crippen LogP contribution in [0.25, 0.3) is 17.4 Å². The minimum Gasteiger partial charge on any atom is -0.545 e. The van der Waals surface area contributed by atoms with Crippen molar-refractivity contribution in [2.75, 3.05) is 4.90 Å². The molecule has 1 saturated heterocycles. The van der Waals surface area contributed by atoms with Crippen LogP contribution in [0.2, 0.25) is 0 Å². The Morgan fingerprint density at radius 2 is 1.87 bits per heavy atom. The van der Waals surface area contributed by atoms with Crippen molar-refractivity contribution in [3.8, 4) is 11.3 Å². The number of hydrogen-bond donors (Lipinski definition) is 1. The first-order valence-electron chi connectivity index (χ1n) is 8.93. The molecule has 1 fully saturated rings. The van der Waals surface area contributed by atoms with Gasteiger partial charge in [0.15, 0.2) is 5.11 Å². The Kier molecular flexibility index (Phi) is 5.53. The molecule has 2 heterocycles. The van der Waals surface area contributed by atoms with Crippen LogP contribution in [0.5, 0.6) is 0 Å². The third-order valence-electron chi connectivity index (χ3n) is 4.49. The summed E-state index contributed by atoms with van der Waals surface area (Å²) in [5.74, 6) is -2.15. The van der Waals surface area contributed by atoms with Gasteiger partial charge < -0.3 is 14.3 Å². The number of carboxylic acid groups (broad SMARTS) is 1. The van der Waals surface area contributed by atoms with Crippen molar-refractivity contribution in [3.63, 3.8) is 0 Å². The second kappa shape index (κ2) is 8.29. The molecule has 7 nitrogen and oxygen atoms in total. The summed E-state index contributed by atoms with van der Waals surface area (Å²) >= 11 is 8.52. The molecule has 0 aliphatic carbocycles. The van der Waals surface area contributed by atoms with Gasteiger partial charge in [0, 0.05) is 15.6 Å². The van der Waals surface area contributed by atoms with Crippen molar-refractivity contribution in [2.45, 2.75) is 0 Å². The van der Waals surface area contributed by atoms with Gasteiger partial charge in [0.25, 0.3) is 11.8 Å². The summed E-state index contributed by atoms with van der Waals surface area (Å²) in [6.45, 7) is 0. The molecule has 1 aromatic heterocycles. The van der Waals surface area contributed by atoms with Crippen LogP contribution in [0.15, 0.2) is 75.1 Å². The van der Waals surface area contributed by atoms with Crippen LogP contribution in [0.4, 0.5) is 5.69 Å². The number of thiocarbonyl (C=S) groups is 1. The van der Waals surface area contributed by atoms with E-state index in [0.29, 0.717) is 11.3 Å². The molecule has 0 radical (unpaired) electrons. The molecule has 0 atom stereocenters. The van der Waals surface area contributed by atoms with Gasteiger partial charge in [-0.2, -0.15) is 0 Å². The molecule has 1 aliphatic rings. The SMILES string of the molecule is O=C1NC(=S)N(c2cccc(Br)c2)C(=O)/C1=C/c1ccc(-c2ccccc2C(=O)[O-])o1. The number of carbonyl (C=O) groups is 3. The van der Waals surface area contributed by atoms with Gasteiger partial charge in [-0.1, -0.05) is 46.3 Å². The Morgan fingerprint density at radius 3 is 2.61 bits per heavy atom. The monoisotopic (exact) mass is 495 g/mol. The summed E-state index contributed by atoms with van der Waals surface area (Å²) in [4.78, 5) is 38.0. The second-order valence-electron chi connectivity index (χ2n) is 6.47. The summed E-state index contributed by atoms with van der Waals surface area (Å²) in [6.07, 6.45) is 1.29. The van der Waals surface area contributed by atoms with Crippen LogP contribution in [0.1, 0.15) is 16.1 Å². The molecular weight excluding hydrogens is 484 g/mol. The molecule has 31 heavy (non-hydrogen) atoms. The lowest BCUT2D eigenvalue weighted by Gasteiger charge is -2.28. The predicted molar refractivity (Wildman–Crippen MR) is 119 cm³/mol. The third-order valence-corrected chi connectivity index (χ3v) is 5.27. The first-order chi connectivity index (χ1) is 14.8. The number of furan rings is 1. The van der Waals surface area contributed by atoms with Crippen LogP contribution in [-0.2, 0) is 9.59 Å². The van der Waals surface area contributed by atoms with Crippen molar-refractivity contribution in [2.24, 2.45) is 0 Å². The first-order valence-corrected chi connectivity index (χ1v) is 10.1. The number of anilines is 1. The standard InChI is InChI=1S/C22H13BrN2O5S/c23-12-4-3-5-13(10-12)25-20(27)17(19(26)24-22(25)31)11-14-8-9-18(30-14)15-6-1-2-7-16(15)21(28)29/h1-11H,(H,28,29)(H,24,26,31)/p-1/b17-11+. The van der Waals surface area contributed by atoms with E-state index in [4.69, 9.17) is 16.6 Å². The number of amides is 2. The highest BCUT2D eigenvalue weighted by Crippen LogP contribution is 2.28. The molecule has 0 saturated carbocycles. The number of rotatable bonds is 4. The van der Waals surface area contributed by atoms with Gasteiger partial charge in [0.1, 0.15) is 17.1 Å². The van der Waals surface area contributed by atoms with E-state index in [1.54, 1.807) is 48.5 Å². The third kappa shape index (κ3) is 4.05. The number of carbonyl (C=O) groups excluding carboxylic acids is 3. The van der Waals surface area contributed by atoms with Crippen LogP contribution >= 0.6 is 28.1 Å². The number of carboxylic acids is 1. The molecule has 1 N–H and O–H groups in total. The largest absolute Gasteiger partial charge is 0.545 e. The summed E-state index contributed by atoms with van der Waals surface area (Å²) in [7, 11) is 0. The number of aromatic carboxylic acids is 1. The lowest BCUT2D eigenvalue weighted by Crippen LogP contribution is -2.54. The van der Waals surface area contributed by atoms with E-state index in [1.807, 2.05) is 0 Å². The van der Waals surface area contributed by atoms with E-state index in [0.717, 1.165) is 4.47 Å². The van der Waals surface area contributed by atoms with Crippen molar-refractivity contribution < 1.29 is 23.9 Å². The molecule has 3 aromatic rings. The highest BCUT2D eigenvalue weighted by atomic mass is 79.9. The Labute approximate surface area is 190 Å². The van der Waals surface area contributed by atoms with Gasteiger partial charge in [-0.25, -0.2) is 0 Å². The smallest absolute Gasteiger partial charge is 0.270 e. The zero-order valence-corrected chi connectivity index (χ0v) is 18.0. The number of hydrogen-bond acceptors (Lipinski definition) is 6. The van der Waals surface area contributed by atoms with Crippen molar-refractivity contribution >= 4 is 62.8 Å². The van der Waals surface area contributed by atoms with Gasteiger partial charge in [-0.3, -0.25) is 19.8 Å². The zero-order valence-electron chi connectivity index (χ0n) is 15.6. The summed E-state index contributed by atoms with van der Waals surface area (Å²) in [5.41, 5.74) is 0.596. The van der Waals surface area contributed by atoms with Crippen molar-refractivity contribution in [1.82, 2.24) is 5.32 Å². The number of halogens is 1. The van der Waals surface area contributed by atoms with E-state index in [2.05, 4.69) is 21.2 Å². The molecule has 154 valence electrons. The second-order valence-corrected chi connectivity index (χ2v) is 7.78. The maximum Gasteiger partial charge on any atom is 0.270 e. The Morgan fingerprint density at radius 1 is 1.10 bits per heavy atom. The maximum absolute atomic E-state index is 13.0. The number of nitrogens with zero attached hydrogens (tertiary/aromatic N) is 1. The van der Waals surface area contributed by atoms with Crippen LogP contribution in [0.3, 0.4) is 0 Å². The lowest BCUT2D eigenvalue weighted by atomic mass is 10.1. The van der Waals surface area contributed by atoms with Crippen LogP contribution in [0, 0.1) is 0 Å². The molecule has 2 amide bonds. The lowest BCUT2D eigenvalue weighted by molar-refractivity contribution is -0.255. The fourth-order valence-electron chi connectivity index (χ4n) is 3.10.